The van der Waals surface area contributed by atoms with E-state index in [1.807, 2.05) is 31.2 Å². The lowest BCUT2D eigenvalue weighted by molar-refractivity contribution is -0.126. The molecule has 0 spiro atoms. The van der Waals surface area contributed by atoms with Crippen molar-refractivity contribution in [1.29, 1.82) is 0 Å². The molecule has 7 nitrogen and oxygen atoms in total. The van der Waals surface area contributed by atoms with Gasteiger partial charge in [-0.1, -0.05) is 49.6 Å². The van der Waals surface area contributed by atoms with E-state index in [9.17, 15) is 14.0 Å². The molecule has 3 aromatic rings. The van der Waals surface area contributed by atoms with Crippen molar-refractivity contribution in [1.82, 2.24) is 15.3 Å². The number of imidazole rings is 1. The number of benzene rings is 2. The van der Waals surface area contributed by atoms with Crippen molar-refractivity contribution < 1.29 is 14.0 Å². The zero-order valence-electron chi connectivity index (χ0n) is 19.3. The molecule has 4 rings (SSSR count). The molecule has 0 aliphatic heterocycles. The molecular weight excluding hydrogens is 433 g/mol. The van der Waals surface area contributed by atoms with Crippen LogP contribution in [0.15, 0.2) is 60.9 Å². The molecule has 2 amide bonds. The van der Waals surface area contributed by atoms with Crippen LogP contribution in [0.1, 0.15) is 49.3 Å². The van der Waals surface area contributed by atoms with E-state index in [1.165, 1.54) is 23.5 Å². The number of carbonyl (C=O) groups is 2. The van der Waals surface area contributed by atoms with Gasteiger partial charge in [0.25, 0.3) is 0 Å². The van der Waals surface area contributed by atoms with Crippen LogP contribution in [-0.4, -0.2) is 34.4 Å². The zero-order valence-corrected chi connectivity index (χ0v) is 19.3. The highest BCUT2D eigenvalue weighted by atomic mass is 19.1. The number of carbonyl (C=O) groups excluding carboxylic acids is 2. The Morgan fingerprint density at radius 1 is 1.15 bits per heavy atom. The van der Waals surface area contributed by atoms with Crippen LogP contribution in [0.2, 0.25) is 0 Å². The largest absolute Gasteiger partial charge is 0.351 e. The fourth-order valence-electron chi connectivity index (χ4n) is 4.49. The molecular formula is C26H30FN5O2. The zero-order chi connectivity index (χ0) is 23.9. The minimum absolute atomic E-state index is 0.0680. The number of hydrogen-bond acceptors (Lipinski definition) is 4. The molecule has 1 saturated carbocycles. The standard InChI is InChI=1S/C26H30FN5O2/c1-18-8-5-6-13-22(18)24(25(34)31-20-10-3-2-4-11-20)32(21-12-7-9-19(27)16-21)23(33)17-30-26-28-14-15-29-26/h5-9,12-16,20,24H,2-4,10-11,17H2,1H3,(H,31,34)(H2,28,29,30). The van der Waals surface area contributed by atoms with E-state index < -0.39 is 11.9 Å². The summed E-state index contributed by atoms with van der Waals surface area (Å²) < 4.78 is 14.2. The van der Waals surface area contributed by atoms with Crippen molar-refractivity contribution in [2.45, 2.75) is 51.1 Å². The molecule has 2 aromatic carbocycles. The number of halogens is 1. The van der Waals surface area contributed by atoms with Gasteiger partial charge in [-0.15, -0.1) is 0 Å². The summed E-state index contributed by atoms with van der Waals surface area (Å²) in [6, 6.07) is 12.4. The first-order valence-electron chi connectivity index (χ1n) is 11.7. The predicted octanol–water partition coefficient (Wildman–Crippen LogP) is 4.49. The molecule has 1 aliphatic rings. The number of nitrogens with zero attached hydrogens (tertiary/aromatic N) is 2. The fraction of sp³-hybridized carbons (Fsp3) is 0.346. The lowest BCUT2D eigenvalue weighted by Crippen LogP contribution is -2.49. The average Bonchev–Trinajstić information content (AvgIpc) is 3.36. The van der Waals surface area contributed by atoms with Crippen molar-refractivity contribution in [3.8, 4) is 0 Å². The Balaban J connectivity index is 1.72. The van der Waals surface area contributed by atoms with Gasteiger partial charge in [-0.2, -0.15) is 0 Å². The molecule has 1 atom stereocenters. The number of amides is 2. The number of nitrogens with one attached hydrogen (secondary N) is 3. The third-order valence-corrected chi connectivity index (χ3v) is 6.20. The second kappa shape index (κ2) is 11.0. The van der Waals surface area contributed by atoms with Crippen LogP contribution in [0.25, 0.3) is 0 Å². The minimum Gasteiger partial charge on any atom is -0.351 e. The average molecular weight is 464 g/mol. The Kier molecular flexibility index (Phi) is 7.57. The van der Waals surface area contributed by atoms with Crippen LogP contribution in [0.3, 0.4) is 0 Å². The number of anilines is 2. The molecule has 34 heavy (non-hydrogen) atoms. The number of rotatable bonds is 8. The van der Waals surface area contributed by atoms with Gasteiger partial charge < -0.3 is 15.6 Å². The van der Waals surface area contributed by atoms with E-state index in [1.54, 1.807) is 24.5 Å². The summed E-state index contributed by atoms with van der Waals surface area (Å²) in [7, 11) is 0. The maximum Gasteiger partial charge on any atom is 0.248 e. The van der Waals surface area contributed by atoms with Crippen molar-refractivity contribution in [2.24, 2.45) is 0 Å². The van der Waals surface area contributed by atoms with Crippen molar-refractivity contribution in [3.05, 3.63) is 77.9 Å². The van der Waals surface area contributed by atoms with Gasteiger partial charge in [0.1, 0.15) is 11.9 Å². The Morgan fingerprint density at radius 3 is 2.65 bits per heavy atom. The Hall–Kier alpha value is -3.68. The SMILES string of the molecule is Cc1ccccc1C(C(=O)NC1CCCCC1)N(C(=O)CNc1ncc[nH]1)c1cccc(F)c1. The lowest BCUT2D eigenvalue weighted by Gasteiger charge is -2.34. The van der Waals surface area contributed by atoms with Crippen LogP contribution in [0.4, 0.5) is 16.0 Å². The Bertz CT molecular complexity index is 1110. The van der Waals surface area contributed by atoms with E-state index >= 15 is 0 Å². The second-order valence-corrected chi connectivity index (χ2v) is 8.64. The monoisotopic (exact) mass is 463 g/mol. The molecule has 1 unspecified atom stereocenters. The first-order chi connectivity index (χ1) is 16.5. The highest BCUT2D eigenvalue weighted by molar-refractivity contribution is 6.03. The number of aryl methyl sites for hydroxylation is 1. The molecule has 0 radical (unpaired) electrons. The van der Waals surface area contributed by atoms with Crippen molar-refractivity contribution in [3.63, 3.8) is 0 Å². The Labute approximate surface area is 198 Å². The van der Waals surface area contributed by atoms with Gasteiger partial charge in [0, 0.05) is 24.1 Å². The molecule has 1 aromatic heterocycles. The van der Waals surface area contributed by atoms with E-state index in [0.29, 0.717) is 17.2 Å². The molecule has 1 fully saturated rings. The topological polar surface area (TPSA) is 90.1 Å². The maximum absolute atomic E-state index is 14.2. The van der Waals surface area contributed by atoms with Crippen LogP contribution in [0.5, 0.6) is 0 Å². The molecule has 1 aliphatic carbocycles. The molecule has 3 N–H and O–H groups in total. The highest BCUT2D eigenvalue weighted by Gasteiger charge is 2.35. The van der Waals surface area contributed by atoms with E-state index in [0.717, 1.165) is 31.2 Å². The quantitative estimate of drug-likeness (QED) is 0.459. The van der Waals surface area contributed by atoms with Gasteiger partial charge >= 0.3 is 0 Å². The molecule has 178 valence electrons. The number of hydrogen-bond donors (Lipinski definition) is 3. The summed E-state index contributed by atoms with van der Waals surface area (Å²) in [4.78, 5) is 35.7. The smallest absolute Gasteiger partial charge is 0.248 e. The minimum atomic E-state index is -0.948. The fourth-order valence-corrected chi connectivity index (χ4v) is 4.49. The van der Waals surface area contributed by atoms with Gasteiger partial charge in [0.05, 0.1) is 6.54 Å². The summed E-state index contributed by atoms with van der Waals surface area (Å²) in [6.07, 6.45) is 8.36. The first kappa shape index (κ1) is 23.5. The van der Waals surface area contributed by atoms with E-state index in [2.05, 4.69) is 20.6 Å². The van der Waals surface area contributed by atoms with Crippen LogP contribution in [-0.2, 0) is 9.59 Å². The lowest BCUT2D eigenvalue weighted by atomic mass is 9.93. The number of H-pyrrole nitrogens is 1. The van der Waals surface area contributed by atoms with Crippen molar-refractivity contribution >= 4 is 23.5 Å². The summed E-state index contributed by atoms with van der Waals surface area (Å²) >= 11 is 0. The molecule has 0 saturated heterocycles. The third-order valence-electron chi connectivity index (χ3n) is 6.20. The van der Waals surface area contributed by atoms with Crippen LogP contribution in [0, 0.1) is 12.7 Å². The molecule has 1 heterocycles. The van der Waals surface area contributed by atoms with Crippen molar-refractivity contribution in [2.75, 3.05) is 16.8 Å². The van der Waals surface area contributed by atoms with Gasteiger partial charge in [0.15, 0.2) is 0 Å². The van der Waals surface area contributed by atoms with Crippen LogP contribution < -0.4 is 15.5 Å². The first-order valence-corrected chi connectivity index (χ1v) is 11.7. The second-order valence-electron chi connectivity index (χ2n) is 8.64. The van der Waals surface area contributed by atoms with Gasteiger partial charge in [-0.25, -0.2) is 9.37 Å². The summed E-state index contributed by atoms with van der Waals surface area (Å²) in [5.41, 5.74) is 1.89. The number of aromatic amines is 1. The molecule has 0 bridgehead atoms. The normalized spacial score (nSPS) is 14.9. The van der Waals surface area contributed by atoms with Gasteiger partial charge in [-0.3, -0.25) is 14.5 Å². The maximum atomic E-state index is 14.2. The van der Waals surface area contributed by atoms with Gasteiger partial charge in [0.2, 0.25) is 17.8 Å². The summed E-state index contributed by atoms with van der Waals surface area (Å²) in [6.45, 7) is 1.79. The number of aromatic nitrogens is 2. The predicted molar refractivity (Wildman–Crippen MR) is 130 cm³/mol. The highest BCUT2D eigenvalue weighted by Crippen LogP contribution is 2.31. The summed E-state index contributed by atoms with van der Waals surface area (Å²) in [5.74, 6) is -0.692. The van der Waals surface area contributed by atoms with E-state index in [-0.39, 0.29) is 24.4 Å². The van der Waals surface area contributed by atoms with E-state index in [4.69, 9.17) is 0 Å². The Morgan fingerprint density at radius 2 is 1.94 bits per heavy atom. The summed E-state index contributed by atoms with van der Waals surface area (Å²) in [5, 5.41) is 6.12. The third kappa shape index (κ3) is 5.62. The van der Waals surface area contributed by atoms with Gasteiger partial charge in [-0.05, 0) is 49.1 Å². The van der Waals surface area contributed by atoms with Crippen LogP contribution >= 0.6 is 0 Å². The molecule has 8 heteroatoms.